The lowest BCUT2D eigenvalue weighted by atomic mass is 10.2. The third-order valence-corrected chi connectivity index (χ3v) is 5.54. The number of sulfonamides is 1. The van der Waals surface area contributed by atoms with Crippen molar-refractivity contribution < 1.29 is 27.5 Å². The first kappa shape index (κ1) is 22.8. The maximum absolute atomic E-state index is 12.1. The second-order valence-electron chi connectivity index (χ2n) is 5.72. The molecule has 0 unspecified atom stereocenters. The lowest BCUT2D eigenvalue weighted by Gasteiger charge is -2.11. The SMILES string of the molecule is Cc1cc(Cl)ccc1OCC(=O)NCCOC(=O)NS(=O)(=O)c1ccccc1Cl. The van der Waals surface area contributed by atoms with Crippen LogP contribution in [0, 0.1) is 6.92 Å². The highest BCUT2D eigenvalue weighted by molar-refractivity contribution is 7.90. The molecule has 2 N–H and O–H groups in total. The average Bonchev–Trinajstić information content (AvgIpc) is 2.64. The Kier molecular flexibility index (Phi) is 8.12. The van der Waals surface area contributed by atoms with Gasteiger partial charge in [-0.25, -0.2) is 17.9 Å². The quantitative estimate of drug-likeness (QED) is 0.585. The second kappa shape index (κ2) is 10.3. The third kappa shape index (κ3) is 7.12. The number of carbonyl (C=O) groups is 2. The average molecular weight is 461 g/mol. The van der Waals surface area contributed by atoms with Gasteiger partial charge in [-0.2, -0.15) is 0 Å². The van der Waals surface area contributed by atoms with Crippen molar-refractivity contribution in [1.29, 1.82) is 0 Å². The highest BCUT2D eigenvalue weighted by atomic mass is 35.5. The van der Waals surface area contributed by atoms with E-state index in [-0.39, 0.29) is 29.7 Å². The summed E-state index contributed by atoms with van der Waals surface area (Å²) in [5.74, 6) is 0.0806. The molecule has 0 radical (unpaired) electrons. The minimum absolute atomic E-state index is 0.0264. The maximum Gasteiger partial charge on any atom is 0.421 e. The number of halogens is 2. The van der Waals surface area contributed by atoms with Crippen LogP contribution in [0.15, 0.2) is 47.4 Å². The summed E-state index contributed by atoms with van der Waals surface area (Å²) < 4.78 is 36.0. The van der Waals surface area contributed by atoms with Gasteiger partial charge in [0.2, 0.25) is 0 Å². The number of hydrogen-bond donors (Lipinski definition) is 2. The summed E-state index contributed by atoms with van der Waals surface area (Å²) in [7, 11) is -4.16. The van der Waals surface area contributed by atoms with Crippen LogP contribution in [-0.4, -0.2) is 40.2 Å². The van der Waals surface area contributed by atoms with Gasteiger partial charge in [0, 0.05) is 5.02 Å². The Labute approximate surface area is 178 Å². The molecule has 11 heteroatoms. The lowest BCUT2D eigenvalue weighted by molar-refractivity contribution is -0.123. The Morgan fingerprint density at radius 3 is 2.52 bits per heavy atom. The van der Waals surface area contributed by atoms with Gasteiger partial charge in [-0.05, 0) is 42.8 Å². The van der Waals surface area contributed by atoms with Gasteiger partial charge in [-0.15, -0.1) is 0 Å². The van der Waals surface area contributed by atoms with E-state index in [2.05, 4.69) is 5.32 Å². The largest absolute Gasteiger partial charge is 0.484 e. The Morgan fingerprint density at radius 2 is 1.83 bits per heavy atom. The zero-order valence-corrected chi connectivity index (χ0v) is 17.6. The van der Waals surface area contributed by atoms with E-state index in [1.165, 1.54) is 18.2 Å². The van der Waals surface area contributed by atoms with Crippen molar-refractivity contribution in [2.24, 2.45) is 0 Å². The first-order chi connectivity index (χ1) is 13.7. The van der Waals surface area contributed by atoms with Gasteiger partial charge < -0.3 is 14.8 Å². The van der Waals surface area contributed by atoms with Crippen LogP contribution in [0.4, 0.5) is 4.79 Å². The molecule has 156 valence electrons. The number of ether oxygens (including phenoxy) is 2. The number of hydrogen-bond acceptors (Lipinski definition) is 6. The van der Waals surface area contributed by atoms with Gasteiger partial charge in [0.25, 0.3) is 15.9 Å². The van der Waals surface area contributed by atoms with Gasteiger partial charge in [0.1, 0.15) is 17.3 Å². The zero-order chi connectivity index (χ0) is 21.4. The maximum atomic E-state index is 12.1. The van der Waals surface area contributed by atoms with E-state index in [1.807, 2.05) is 0 Å². The Morgan fingerprint density at radius 1 is 1.10 bits per heavy atom. The molecule has 0 heterocycles. The molecule has 0 spiro atoms. The van der Waals surface area contributed by atoms with Crippen molar-refractivity contribution in [1.82, 2.24) is 10.0 Å². The molecular weight excluding hydrogens is 443 g/mol. The number of aryl methyl sites for hydroxylation is 1. The topological polar surface area (TPSA) is 111 Å². The van der Waals surface area contributed by atoms with Gasteiger partial charge in [-0.3, -0.25) is 4.79 Å². The molecule has 2 rings (SSSR count). The number of rotatable bonds is 8. The summed E-state index contributed by atoms with van der Waals surface area (Å²) in [6.45, 7) is 1.29. The normalized spacial score (nSPS) is 10.9. The number of nitrogens with one attached hydrogen (secondary N) is 2. The fourth-order valence-corrected chi connectivity index (χ4v) is 3.80. The molecular formula is C18H18Cl2N2O6S. The van der Waals surface area contributed by atoms with Crippen LogP contribution in [-0.2, 0) is 19.6 Å². The standard InChI is InChI=1S/C18H18Cl2N2O6S/c1-12-10-13(19)6-7-15(12)28-11-17(23)21-8-9-27-18(24)22-29(25,26)16-5-3-2-4-14(16)20/h2-7,10H,8-9,11H2,1H3,(H,21,23)(H,22,24). The molecule has 0 aliphatic carbocycles. The van der Waals surface area contributed by atoms with Gasteiger partial charge in [0.05, 0.1) is 11.6 Å². The minimum Gasteiger partial charge on any atom is -0.484 e. The summed E-state index contributed by atoms with van der Waals surface area (Å²) in [5.41, 5.74) is 0.782. The molecule has 8 nitrogen and oxygen atoms in total. The molecule has 0 atom stereocenters. The van der Waals surface area contributed by atoms with Crippen molar-refractivity contribution >= 4 is 45.2 Å². The van der Waals surface area contributed by atoms with E-state index in [9.17, 15) is 18.0 Å². The van der Waals surface area contributed by atoms with E-state index in [0.29, 0.717) is 10.8 Å². The van der Waals surface area contributed by atoms with Crippen LogP contribution in [0.2, 0.25) is 10.0 Å². The molecule has 0 aromatic heterocycles. The van der Waals surface area contributed by atoms with Crippen molar-refractivity contribution in [2.75, 3.05) is 19.8 Å². The van der Waals surface area contributed by atoms with E-state index in [4.69, 9.17) is 32.7 Å². The molecule has 0 bridgehead atoms. The summed E-state index contributed by atoms with van der Waals surface area (Å²) in [6, 6.07) is 10.7. The summed E-state index contributed by atoms with van der Waals surface area (Å²) >= 11 is 11.7. The molecule has 0 saturated heterocycles. The van der Waals surface area contributed by atoms with E-state index < -0.39 is 22.0 Å². The molecule has 2 aromatic carbocycles. The predicted octanol–water partition coefficient (Wildman–Crippen LogP) is 2.91. The van der Waals surface area contributed by atoms with Crippen molar-refractivity contribution in [3.63, 3.8) is 0 Å². The minimum atomic E-state index is -4.16. The Bertz CT molecular complexity index is 998. The van der Waals surface area contributed by atoms with Crippen molar-refractivity contribution in [3.05, 3.63) is 58.1 Å². The van der Waals surface area contributed by atoms with Crippen LogP contribution in [0.25, 0.3) is 0 Å². The number of benzene rings is 2. The van der Waals surface area contributed by atoms with Crippen LogP contribution < -0.4 is 14.8 Å². The molecule has 0 fully saturated rings. The van der Waals surface area contributed by atoms with Crippen molar-refractivity contribution in [2.45, 2.75) is 11.8 Å². The lowest BCUT2D eigenvalue weighted by Crippen LogP contribution is -2.35. The van der Waals surface area contributed by atoms with Crippen molar-refractivity contribution in [3.8, 4) is 5.75 Å². The number of carbonyl (C=O) groups excluding carboxylic acids is 2. The Hall–Kier alpha value is -2.49. The highest BCUT2D eigenvalue weighted by Crippen LogP contribution is 2.21. The van der Waals surface area contributed by atoms with Crippen LogP contribution in [0.5, 0.6) is 5.75 Å². The summed E-state index contributed by atoms with van der Waals surface area (Å²) in [5, 5.41) is 3.01. The zero-order valence-electron chi connectivity index (χ0n) is 15.3. The molecule has 0 aliphatic rings. The smallest absolute Gasteiger partial charge is 0.421 e. The molecule has 29 heavy (non-hydrogen) atoms. The fourth-order valence-electron chi connectivity index (χ4n) is 2.16. The molecule has 0 aliphatic heterocycles. The molecule has 2 aromatic rings. The van der Waals surface area contributed by atoms with Gasteiger partial charge in [-0.1, -0.05) is 35.3 Å². The van der Waals surface area contributed by atoms with Gasteiger partial charge in [0.15, 0.2) is 6.61 Å². The summed E-state index contributed by atoms with van der Waals surface area (Å²) in [4.78, 5) is 23.2. The third-order valence-electron chi connectivity index (χ3n) is 3.50. The van der Waals surface area contributed by atoms with Crippen LogP contribution in [0.1, 0.15) is 5.56 Å². The van der Waals surface area contributed by atoms with E-state index in [0.717, 1.165) is 5.56 Å². The van der Waals surface area contributed by atoms with E-state index in [1.54, 1.807) is 35.9 Å². The first-order valence-electron chi connectivity index (χ1n) is 8.29. The number of amides is 2. The Balaban J connectivity index is 1.71. The first-order valence-corrected chi connectivity index (χ1v) is 10.5. The molecule has 2 amide bonds. The summed E-state index contributed by atoms with van der Waals surface area (Å²) in [6.07, 6.45) is -1.19. The predicted molar refractivity (Wildman–Crippen MR) is 108 cm³/mol. The molecule has 0 saturated carbocycles. The highest BCUT2D eigenvalue weighted by Gasteiger charge is 2.21. The monoisotopic (exact) mass is 460 g/mol. The van der Waals surface area contributed by atoms with Gasteiger partial charge >= 0.3 is 6.09 Å². The van der Waals surface area contributed by atoms with E-state index >= 15 is 0 Å². The fraction of sp³-hybridized carbons (Fsp3) is 0.222. The second-order valence-corrected chi connectivity index (χ2v) is 8.21. The van der Waals surface area contributed by atoms with Crippen LogP contribution >= 0.6 is 23.2 Å². The van der Waals surface area contributed by atoms with Crippen LogP contribution in [0.3, 0.4) is 0 Å².